The molecule has 8 nitrogen and oxygen atoms in total. The van der Waals surface area contributed by atoms with Gasteiger partial charge in [0.1, 0.15) is 5.82 Å². The Kier molecular flexibility index (Phi) is 6.31. The monoisotopic (exact) mass is 427 g/mol. The predicted octanol–water partition coefficient (Wildman–Crippen LogP) is 3.69. The fourth-order valence-electron chi connectivity index (χ4n) is 2.78. The van der Waals surface area contributed by atoms with Crippen LogP contribution in [0.25, 0.3) is 0 Å². The topological polar surface area (TPSA) is 87.6 Å². The maximum atomic E-state index is 13.0. The highest BCUT2D eigenvalue weighted by Crippen LogP contribution is 2.21. The molecule has 0 aliphatic carbocycles. The zero-order chi connectivity index (χ0) is 20.8. The lowest BCUT2D eigenvalue weighted by Gasteiger charge is -2.27. The average Bonchev–Trinajstić information content (AvgIpc) is 2.76. The van der Waals surface area contributed by atoms with Crippen molar-refractivity contribution < 1.29 is 9.13 Å². The van der Waals surface area contributed by atoms with Crippen LogP contribution in [0.2, 0.25) is 5.02 Å². The van der Waals surface area contributed by atoms with Crippen molar-refractivity contribution in [3.05, 3.63) is 64.9 Å². The van der Waals surface area contributed by atoms with Crippen molar-refractivity contribution in [2.75, 3.05) is 41.9 Å². The van der Waals surface area contributed by atoms with Crippen molar-refractivity contribution in [1.82, 2.24) is 15.0 Å². The Labute approximate surface area is 177 Å². The van der Waals surface area contributed by atoms with Crippen LogP contribution in [-0.4, -0.2) is 47.5 Å². The summed E-state index contributed by atoms with van der Waals surface area (Å²) in [5, 5.41) is 7.89. The van der Waals surface area contributed by atoms with Crippen LogP contribution in [0.1, 0.15) is 5.56 Å². The molecule has 3 aromatic rings. The van der Waals surface area contributed by atoms with Crippen molar-refractivity contribution >= 4 is 41.3 Å². The van der Waals surface area contributed by atoms with Gasteiger partial charge < -0.3 is 15.0 Å². The first-order valence-electron chi connectivity index (χ1n) is 9.32. The van der Waals surface area contributed by atoms with Crippen LogP contribution in [0.3, 0.4) is 0 Å². The second-order valence-corrected chi connectivity index (χ2v) is 6.88. The molecule has 1 aliphatic heterocycles. The van der Waals surface area contributed by atoms with Crippen LogP contribution in [0, 0.1) is 5.82 Å². The summed E-state index contributed by atoms with van der Waals surface area (Å²) in [5.41, 5.74) is 4.31. The summed E-state index contributed by atoms with van der Waals surface area (Å²) in [6, 6.07) is 13.3. The quantitative estimate of drug-likeness (QED) is 0.458. The minimum Gasteiger partial charge on any atom is -0.378 e. The molecule has 0 saturated carbocycles. The molecule has 0 unspecified atom stereocenters. The number of rotatable bonds is 6. The predicted molar refractivity (Wildman–Crippen MR) is 115 cm³/mol. The molecule has 30 heavy (non-hydrogen) atoms. The number of benzene rings is 2. The maximum absolute atomic E-state index is 13.0. The van der Waals surface area contributed by atoms with Gasteiger partial charge in [-0.25, -0.2) is 9.82 Å². The Balaban J connectivity index is 1.56. The van der Waals surface area contributed by atoms with Gasteiger partial charge in [0.15, 0.2) is 0 Å². The summed E-state index contributed by atoms with van der Waals surface area (Å²) in [6.07, 6.45) is 1.56. The number of nitrogens with one attached hydrogen (secondary N) is 2. The summed E-state index contributed by atoms with van der Waals surface area (Å²) in [4.78, 5) is 15.4. The number of halogens is 2. The molecule has 10 heteroatoms. The number of hydrogen-bond acceptors (Lipinski definition) is 8. The molecule has 1 aromatic heterocycles. The Morgan fingerprint density at radius 3 is 2.57 bits per heavy atom. The summed E-state index contributed by atoms with van der Waals surface area (Å²) in [7, 11) is 0. The van der Waals surface area contributed by atoms with Crippen molar-refractivity contribution in [2.45, 2.75) is 0 Å². The van der Waals surface area contributed by atoms with Gasteiger partial charge in [-0.2, -0.15) is 20.1 Å². The van der Waals surface area contributed by atoms with Gasteiger partial charge in [0.05, 0.1) is 19.4 Å². The number of nitrogens with zero attached hydrogens (tertiary/aromatic N) is 5. The first-order chi connectivity index (χ1) is 14.7. The molecule has 4 rings (SSSR count). The van der Waals surface area contributed by atoms with E-state index in [0.717, 1.165) is 11.3 Å². The molecular weight excluding hydrogens is 409 g/mol. The van der Waals surface area contributed by atoms with Crippen LogP contribution < -0.4 is 15.6 Å². The van der Waals surface area contributed by atoms with E-state index in [4.69, 9.17) is 16.3 Å². The highest BCUT2D eigenvalue weighted by molar-refractivity contribution is 6.30. The fourth-order valence-corrected chi connectivity index (χ4v) is 2.97. The highest BCUT2D eigenvalue weighted by Gasteiger charge is 2.16. The van der Waals surface area contributed by atoms with Gasteiger partial charge in [-0.15, -0.1) is 0 Å². The number of hydrogen-bond donors (Lipinski definition) is 2. The molecule has 0 radical (unpaired) electrons. The van der Waals surface area contributed by atoms with E-state index in [0.29, 0.717) is 43.2 Å². The summed E-state index contributed by atoms with van der Waals surface area (Å²) < 4.78 is 18.4. The summed E-state index contributed by atoms with van der Waals surface area (Å²) in [6.45, 7) is 2.57. The molecule has 1 fully saturated rings. The van der Waals surface area contributed by atoms with E-state index in [1.165, 1.54) is 12.1 Å². The van der Waals surface area contributed by atoms with E-state index in [2.05, 4.69) is 30.8 Å². The fraction of sp³-hybridized carbons (Fsp3) is 0.200. The SMILES string of the molecule is Fc1ccc(/C=N\Nc2nc(Nc3cccc(Cl)c3)nc(N3CCOCC3)n2)cc1. The molecule has 0 spiro atoms. The Morgan fingerprint density at radius 1 is 1.03 bits per heavy atom. The van der Waals surface area contributed by atoms with Crippen LogP contribution >= 0.6 is 11.6 Å². The molecular formula is C20H19ClFN7O. The van der Waals surface area contributed by atoms with E-state index >= 15 is 0 Å². The van der Waals surface area contributed by atoms with E-state index in [1.54, 1.807) is 30.5 Å². The molecule has 0 amide bonds. The number of aromatic nitrogens is 3. The molecule has 2 aromatic carbocycles. The van der Waals surface area contributed by atoms with E-state index in [9.17, 15) is 4.39 Å². The smallest absolute Gasteiger partial charge is 0.250 e. The molecule has 1 saturated heterocycles. The maximum Gasteiger partial charge on any atom is 0.250 e. The Hall–Kier alpha value is -3.30. The minimum absolute atomic E-state index is 0.273. The lowest BCUT2D eigenvalue weighted by molar-refractivity contribution is 0.122. The van der Waals surface area contributed by atoms with Crippen LogP contribution in [0.4, 0.5) is 27.9 Å². The van der Waals surface area contributed by atoms with E-state index in [-0.39, 0.29) is 11.8 Å². The third-order valence-electron chi connectivity index (χ3n) is 4.25. The Morgan fingerprint density at radius 2 is 1.80 bits per heavy atom. The highest BCUT2D eigenvalue weighted by atomic mass is 35.5. The van der Waals surface area contributed by atoms with Gasteiger partial charge >= 0.3 is 0 Å². The number of morpholine rings is 1. The third-order valence-corrected chi connectivity index (χ3v) is 4.48. The minimum atomic E-state index is -0.301. The molecule has 2 N–H and O–H groups in total. The van der Waals surface area contributed by atoms with Gasteiger partial charge in [-0.3, -0.25) is 0 Å². The third kappa shape index (κ3) is 5.40. The van der Waals surface area contributed by atoms with Gasteiger partial charge in [0, 0.05) is 23.8 Å². The largest absolute Gasteiger partial charge is 0.378 e. The zero-order valence-corrected chi connectivity index (χ0v) is 16.7. The standard InChI is InChI=1S/C20H19ClFN7O/c21-15-2-1-3-17(12-15)24-18-25-19(27-20(26-18)29-8-10-30-11-9-29)28-23-13-14-4-6-16(22)7-5-14/h1-7,12-13H,8-11H2,(H2,24,25,26,27,28)/b23-13-. The van der Waals surface area contributed by atoms with Gasteiger partial charge in [-0.1, -0.05) is 29.8 Å². The first kappa shape index (κ1) is 20.0. The van der Waals surface area contributed by atoms with Crippen molar-refractivity contribution in [1.29, 1.82) is 0 Å². The lowest BCUT2D eigenvalue weighted by atomic mass is 10.2. The van der Waals surface area contributed by atoms with E-state index in [1.807, 2.05) is 17.0 Å². The van der Waals surface area contributed by atoms with Crippen molar-refractivity contribution in [3.63, 3.8) is 0 Å². The normalized spacial score (nSPS) is 14.1. The molecule has 154 valence electrons. The second-order valence-electron chi connectivity index (χ2n) is 6.44. The van der Waals surface area contributed by atoms with Gasteiger partial charge in [0.2, 0.25) is 17.8 Å². The number of ether oxygens (including phenoxy) is 1. The summed E-state index contributed by atoms with van der Waals surface area (Å²) >= 11 is 6.06. The molecule has 0 bridgehead atoms. The molecule has 1 aliphatic rings. The average molecular weight is 428 g/mol. The first-order valence-corrected chi connectivity index (χ1v) is 9.69. The Bertz CT molecular complexity index is 1030. The van der Waals surface area contributed by atoms with Gasteiger partial charge in [0.25, 0.3) is 0 Å². The summed E-state index contributed by atoms with van der Waals surface area (Å²) in [5.74, 6) is 0.837. The zero-order valence-electron chi connectivity index (χ0n) is 15.9. The van der Waals surface area contributed by atoms with Gasteiger partial charge in [-0.05, 0) is 35.9 Å². The van der Waals surface area contributed by atoms with Crippen molar-refractivity contribution in [2.24, 2.45) is 5.10 Å². The van der Waals surface area contributed by atoms with Crippen LogP contribution in [0.15, 0.2) is 53.6 Å². The second kappa shape index (κ2) is 9.47. The lowest BCUT2D eigenvalue weighted by Crippen LogP contribution is -2.37. The van der Waals surface area contributed by atoms with Crippen LogP contribution in [-0.2, 0) is 4.74 Å². The van der Waals surface area contributed by atoms with Crippen LogP contribution in [0.5, 0.6) is 0 Å². The van der Waals surface area contributed by atoms with Crippen molar-refractivity contribution in [3.8, 4) is 0 Å². The number of anilines is 4. The molecule has 2 heterocycles. The molecule has 0 atom stereocenters. The number of hydrazone groups is 1. The van der Waals surface area contributed by atoms with E-state index < -0.39 is 0 Å².